The van der Waals surface area contributed by atoms with Gasteiger partial charge >= 0.3 is 5.97 Å². The number of benzene rings is 1. The number of rotatable bonds is 5. The summed E-state index contributed by atoms with van der Waals surface area (Å²) < 4.78 is 1.99. The maximum absolute atomic E-state index is 11.8. The number of amides is 1. The first kappa shape index (κ1) is 14.2. The third-order valence-electron chi connectivity index (χ3n) is 2.41. The molecule has 1 heterocycles. The second-order valence-corrected chi connectivity index (χ2v) is 4.87. The first-order valence-electron chi connectivity index (χ1n) is 5.70. The van der Waals surface area contributed by atoms with Gasteiger partial charge in [-0.25, -0.2) is 4.68 Å². The Morgan fingerprint density at radius 1 is 1.35 bits per heavy atom. The Kier molecular flexibility index (Phi) is 4.46. The molecular formula is C12H11BrN4O3. The van der Waals surface area contributed by atoms with Crippen molar-refractivity contribution in [3.05, 3.63) is 40.5 Å². The van der Waals surface area contributed by atoms with Gasteiger partial charge in [-0.1, -0.05) is 39.3 Å². The van der Waals surface area contributed by atoms with Crippen molar-refractivity contribution in [2.75, 3.05) is 5.32 Å². The van der Waals surface area contributed by atoms with Gasteiger partial charge in [0.2, 0.25) is 5.91 Å². The summed E-state index contributed by atoms with van der Waals surface area (Å²) in [5.74, 6) is -1.05. The molecule has 0 aliphatic heterocycles. The molecule has 0 saturated heterocycles. The molecule has 0 spiro atoms. The molecule has 2 N–H and O–H groups in total. The van der Waals surface area contributed by atoms with Gasteiger partial charge in [-0.2, -0.15) is 0 Å². The SMILES string of the molecule is O=C(O)Cn1cc(NC(=O)Cc2ccccc2Br)nn1. The minimum Gasteiger partial charge on any atom is -0.480 e. The first-order chi connectivity index (χ1) is 9.54. The second-order valence-electron chi connectivity index (χ2n) is 4.01. The Balaban J connectivity index is 1.96. The molecule has 0 aliphatic carbocycles. The lowest BCUT2D eigenvalue weighted by molar-refractivity contribution is -0.137. The van der Waals surface area contributed by atoms with Crippen molar-refractivity contribution in [1.29, 1.82) is 0 Å². The van der Waals surface area contributed by atoms with Crippen LogP contribution in [0.25, 0.3) is 0 Å². The van der Waals surface area contributed by atoms with E-state index in [9.17, 15) is 9.59 Å². The molecule has 0 radical (unpaired) electrons. The highest BCUT2D eigenvalue weighted by Gasteiger charge is 2.10. The van der Waals surface area contributed by atoms with Gasteiger partial charge in [0, 0.05) is 4.47 Å². The number of nitrogens with zero attached hydrogens (tertiary/aromatic N) is 3. The number of hydrogen-bond acceptors (Lipinski definition) is 4. The molecule has 0 fully saturated rings. The summed E-state index contributed by atoms with van der Waals surface area (Å²) in [5, 5.41) is 18.4. The molecule has 1 aromatic carbocycles. The third kappa shape index (κ3) is 3.89. The number of aliphatic carboxylic acids is 1. The van der Waals surface area contributed by atoms with E-state index in [1.807, 2.05) is 24.3 Å². The fourth-order valence-electron chi connectivity index (χ4n) is 1.57. The fourth-order valence-corrected chi connectivity index (χ4v) is 2.00. The van der Waals surface area contributed by atoms with Crippen LogP contribution in [-0.4, -0.2) is 32.0 Å². The van der Waals surface area contributed by atoms with Gasteiger partial charge in [0.05, 0.1) is 12.6 Å². The monoisotopic (exact) mass is 338 g/mol. The lowest BCUT2D eigenvalue weighted by Crippen LogP contribution is -2.15. The van der Waals surface area contributed by atoms with Crippen LogP contribution in [-0.2, 0) is 22.6 Å². The number of carbonyl (C=O) groups is 2. The number of carboxylic acids is 1. The number of hydrogen-bond donors (Lipinski definition) is 2. The first-order valence-corrected chi connectivity index (χ1v) is 6.49. The van der Waals surface area contributed by atoms with Gasteiger partial charge in [-0.05, 0) is 11.6 Å². The Morgan fingerprint density at radius 2 is 2.10 bits per heavy atom. The largest absolute Gasteiger partial charge is 0.480 e. The molecule has 0 saturated carbocycles. The van der Waals surface area contributed by atoms with Gasteiger partial charge in [-0.3, -0.25) is 9.59 Å². The normalized spacial score (nSPS) is 10.2. The van der Waals surface area contributed by atoms with Crippen molar-refractivity contribution < 1.29 is 14.7 Å². The molecule has 0 bridgehead atoms. The second kappa shape index (κ2) is 6.29. The Hall–Kier alpha value is -2.22. The molecule has 0 unspecified atom stereocenters. The Morgan fingerprint density at radius 3 is 2.80 bits per heavy atom. The van der Waals surface area contributed by atoms with E-state index in [1.165, 1.54) is 6.20 Å². The number of nitrogens with one attached hydrogen (secondary N) is 1. The van der Waals surface area contributed by atoms with Crippen molar-refractivity contribution in [2.45, 2.75) is 13.0 Å². The highest BCUT2D eigenvalue weighted by atomic mass is 79.9. The van der Waals surface area contributed by atoms with Gasteiger partial charge in [-0.15, -0.1) is 5.10 Å². The maximum Gasteiger partial charge on any atom is 0.325 e. The van der Waals surface area contributed by atoms with Crippen LogP contribution in [0.5, 0.6) is 0 Å². The van der Waals surface area contributed by atoms with Crippen LogP contribution in [0.3, 0.4) is 0 Å². The minimum absolute atomic E-state index is 0.188. The average Bonchev–Trinajstić information content (AvgIpc) is 2.78. The summed E-state index contributed by atoms with van der Waals surface area (Å²) in [4.78, 5) is 22.3. The van der Waals surface area contributed by atoms with Gasteiger partial charge in [0.1, 0.15) is 6.54 Å². The molecule has 104 valence electrons. The zero-order chi connectivity index (χ0) is 14.5. The fraction of sp³-hybridized carbons (Fsp3) is 0.167. The molecule has 1 amide bonds. The van der Waals surface area contributed by atoms with Crippen LogP contribution >= 0.6 is 15.9 Å². The predicted octanol–water partition coefficient (Wildman–Crippen LogP) is 1.31. The molecular weight excluding hydrogens is 328 g/mol. The van der Waals surface area contributed by atoms with Crippen LogP contribution < -0.4 is 5.32 Å². The van der Waals surface area contributed by atoms with Gasteiger partial charge in [0.25, 0.3) is 0 Å². The van der Waals surface area contributed by atoms with E-state index < -0.39 is 5.97 Å². The van der Waals surface area contributed by atoms with E-state index in [1.54, 1.807) is 0 Å². The topological polar surface area (TPSA) is 97.1 Å². The van der Waals surface area contributed by atoms with Crippen molar-refractivity contribution in [3.63, 3.8) is 0 Å². The number of carboxylic acid groups (broad SMARTS) is 1. The zero-order valence-corrected chi connectivity index (χ0v) is 11.9. The van der Waals surface area contributed by atoms with Crippen LogP contribution in [0.1, 0.15) is 5.56 Å². The van der Waals surface area contributed by atoms with Crippen LogP contribution in [0.2, 0.25) is 0 Å². The standard InChI is InChI=1S/C12H11BrN4O3/c13-9-4-2-1-3-8(9)5-11(18)14-10-6-17(16-15-10)7-12(19)20/h1-4,6H,5,7H2,(H,14,18)(H,19,20). The molecule has 8 heteroatoms. The lowest BCUT2D eigenvalue weighted by atomic mass is 10.1. The number of carbonyl (C=O) groups excluding carboxylic acids is 1. The van der Waals surface area contributed by atoms with E-state index in [0.717, 1.165) is 14.7 Å². The summed E-state index contributed by atoms with van der Waals surface area (Å²) in [6.45, 7) is -0.299. The number of anilines is 1. The highest BCUT2D eigenvalue weighted by molar-refractivity contribution is 9.10. The smallest absolute Gasteiger partial charge is 0.325 e. The Labute approximate surface area is 122 Å². The molecule has 0 atom stereocenters. The van der Waals surface area contributed by atoms with Crippen molar-refractivity contribution in [3.8, 4) is 0 Å². The minimum atomic E-state index is -1.03. The summed E-state index contributed by atoms with van der Waals surface area (Å²) >= 11 is 3.36. The zero-order valence-electron chi connectivity index (χ0n) is 10.3. The lowest BCUT2D eigenvalue weighted by Gasteiger charge is -2.03. The van der Waals surface area contributed by atoms with Gasteiger partial charge in [0.15, 0.2) is 5.82 Å². The van der Waals surface area contributed by atoms with E-state index >= 15 is 0 Å². The van der Waals surface area contributed by atoms with Crippen LogP contribution in [0, 0.1) is 0 Å². The van der Waals surface area contributed by atoms with Crippen LogP contribution in [0.15, 0.2) is 34.9 Å². The van der Waals surface area contributed by atoms with E-state index in [4.69, 9.17) is 5.11 Å². The van der Waals surface area contributed by atoms with Crippen molar-refractivity contribution in [2.24, 2.45) is 0 Å². The van der Waals surface area contributed by atoms with Gasteiger partial charge < -0.3 is 10.4 Å². The maximum atomic E-state index is 11.8. The molecule has 1 aromatic heterocycles. The van der Waals surface area contributed by atoms with E-state index in [-0.39, 0.29) is 24.7 Å². The van der Waals surface area contributed by atoms with E-state index in [2.05, 4.69) is 31.6 Å². The number of halogens is 1. The van der Waals surface area contributed by atoms with Crippen molar-refractivity contribution in [1.82, 2.24) is 15.0 Å². The summed E-state index contributed by atoms with van der Waals surface area (Å²) in [6.07, 6.45) is 1.55. The highest BCUT2D eigenvalue weighted by Crippen LogP contribution is 2.16. The molecule has 7 nitrogen and oxygen atoms in total. The summed E-state index contributed by atoms with van der Waals surface area (Å²) in [5.41, 5.74) is 0.850. The summed E-state index contributed by atoms with van der Waals surface area (Å²) in [7, 11) is 0. The van der Waals surface area contributed by atoms with Crippen molar-refractivity contribution >= 4 is 33.6 Å². The molecule has 2 rings (SSSR count). The quantitative estimate of drug-likeness (QED) is 0.856. The third-order valence-corrected chi connectivity index (χ3v) is 3.19. The predicted molar refractivity (Wildman–Crippen MR) is 74.1 cm³/mol. The molecule has 2 aromatic rings. The molecule has 0 aliphatic rings. The van der Waals surface area contributed by atoms with Crippen LogP contribution in [0.4, 0.5) is 5.82 Å². The Bertz CT molecular complexity index is 641. The van der Waals surface area contributed by atoms with E-state index in [0.29, 0.717) is 0 Å². The number of aromatic nitrogens is 3. The summed E-state index contributed by atoms with van der Waals surface area (Å²) in [6, 6.07) is 7.40. The molecule has 20 heavy (non-hydrogen) atoms. The average molecular weight is 339 g/mol.